The second kappa shape index (κ2) is 5.41. The first-order valence-corrected chi connectivity index (χ1v) is 7.76. The Hall–Kier alpha value is -1.60. The highest BCUT2D eigenvalue weighted by molar-refractivity contribution is 7.89. The zero-order valence-electron chi connectivity index (χ0n) is 11.7. The van der Waals surface area contributed by atoms with Gasteiger partial charge in [-0.3, -0.25) is 4.79 Å². The molecule has 0 saturated carbocycles. The van der Waals surface area contributed by atoms with Crippen molar-refractivity contribution < 1.29 is 17.9 Å². The number of ether oxygens (including phenoxy) is 1. The molecule has 7 heteroatoms. The normalized spacial score (nSPS) is 20.6. The van der Waals surface area contributed by atoms with E-state index in [9.17, 15) is 13.2 Å². The number of hydrogen-bond donors (Lipinski definition) is 1. The van der Waals surface area contributed by atoms with Gasteiger partial charge in [0.15, 0.2) is 0 Å². The monoisotopic (exact) mass is 298 g/mol. The molecule has 0 aromatic heterocycles. The zero-order chi connectivity index (χ0) is 14.9. The van der Waals surface area contributed by atoms with Gasteiger partial charge in [0.2, 0.25) is 15.9 Å². The third-order valence-electron chi connectivity index (χ3n) is 3.35. The van der Waals surface area contributed by atoms with Crippen LogP contribution in [0.4, 0.5) is 0 Å². The van der Waals surface area contributed by atoms with Crippen LogP contribution in [0.15, 0.2) is 23.1 Å². The van der Waals surface area contributed by atoms with Crippen molar-refractivity contribution in [2.75, 3.05) is 20.2 Å². The highest BCUT2D eigenvalue weighted by Gasteiger charge is 2.37. The molecule has 1 fully saturated rings. The standard InChI is InChI=1S/C13H18N2O4S/c1-9-4-5-11(19-3)12(8-9)20(17,18)15-7-6-14-13(16)10(15)2/h4-5,8,10H,6-7H2,1-3H3,(H,14,16). The average Bonchev–Trinajstić information content (AvgIpc) is 2.41. The van der Waals surface area contributed by atoms with Gasteiger partial charge in [0, 0.05) is 13.1 Å². The average molecular weight is 298 g/mol. The van der Waals surface area contributed by atoms with Gasteiger partial charge in [0.05, 0.1) is 7.11 Å². The third-order valence-corrected chi connectivity index (χ3v) is 5.34. The molecule has 1 aliphatic rings. The molecular formula is C13H18N2O4S. The fraction of sp³-hybridized carbons (Fsp3) is 0.462. The van der Waals surface area contributed by atoms with E-state index < -0.39 is 16.1 Å². The number of methoxy groups -OCH3 is 1. The number of aryl methyl sites for hydroxylation is 1. The molecule has 0 radical (unpaired) electrons. The van der Waals surface area contributed by atoms with Crippen LogP contribution >= 0.6 is 0 Å². The Morgan fingerprint density at radius 1 is 1.40 bits per heavy atom. The summed E-state index contributed by atoms with van der Waals surface area (Å²) in [6.07, 6.45) is 0. The Kier molecular flexibility index (Phi) is 4.01. The number of hydrogen-bond acceptors (Lipinski definition) is 4. The van der Waals surface area contributed by atoms with E-state index in [1.165, 1.54) is 11.4 Å². The van der Waals surface area contributed by atoms with Crippen LogP contribution in [0.25, 0.3) is 0 Å². The van der Waals surface area contributed by atoms with Gasteiger partial charge in [-0.25, -0.2) is 8.42 Å². The second-order valence-electron chi connectivity index (χ2n) is 4.74. The quantitative estimate of drug-likeness (QED) is 0.882. The maximum Gasteiger partial charge on any atom is 0.247 e. The van der Waals surface area contributed by atoms with Crippen LogP contribution in [0.1, 0.15) is 12.5 Å². The minimum Gasteiger partial charge on any atom is -0.495 e. The van der Waals surface area contributed by atoms with Gasteiger partial charge in [-0.15, -0.1) is 0 Å². The van der Waals surface area contributed by atoms with Crippen molar-refractivity contribution in [3.8, 4) is 5.75 Å². The Labute approximate surface area is 118 Å². The van der Waals surface area contributed by atoms with Crippen molar-refractivity contribution in [2.24, 2.45) is 0 Å². The van der Waals surface area contributed by atoms with E-state index in [2.05, 4.69) is 5.32 Å². The molecule has 1 aliphatic heterocycles. The van der Waals surface area contributed by atoms with Gasteiger partial charge in [-0.05, 0) is 31.5 Å². The Morgan fingerprint density at radius 3 is 2.75 bits per heavy atom. The lowest BCUT2D eigenvalue weighted by Gasteiger charge is -2.32. The topological polar surface area (TPSA) is 75.7 Å². The number of nitrogens with one attached hydrogen (secondary N) is 1. The Bertz CT molecular complexity index is 627. The molecule has 110 valence electrons. The van der Waals surface area contributed by atoms with Crippen molar-refractivity contribution in [3.63, 3.8) is 0 Å². The SMILES string of the molecule is COc1ccc(C)cc1S(=O)(=O)N1CCNC(=O)C1C. The maximum absolute atomic E-state index is 12.7. The van der Waals surface area contributed by atoms with Crippen molar-refractivity contribution in [2.45, 2.75) is 24.8 Å². The largest absolute Gasteiger partial charge is 0.495 e. The van der Waals surface area contributed by atoms with Crippen LogP contribution in [0.3, 0.4) is 0 Å². The summed E-state index contributed by atoms with van der Waals surface area (Å²) < 4.78 is 31.8. The minimum absolute atomic E-state index is 0.0987. The number of piperazine rings is 1. The van der Waals surface area contributed by atoms with Crippen LogP contribution < -0.4 is 10.1 Å². The molecule has 20 heavy (non-hydrogen) atoms. The lowest BCUT2D eigenvalue weighted by molar-refractivity contribution is -0.126. The van der Waals surface area contributed by atoms with Gasteiger partial charge in [-0.2, -0.15) is 4.31 Å². The van der Waals surface area contributed by atoms with E-state index in [0.717, 1.165) is 5.56 Å². The lowest BCUT2D eigenvalue weighted by atomic mass is 10.2. The predicted octanol–water partition coefficient (Wildman–Crippen LogP) is 0.513. The van der Waals surface area contributed by atoms with Crippen LogP contribution in [0.2, 0.25) is 0 Å². The summed E-state index contributed by atoms with van der Waals surface area (Å²) in [7, 11) is -2.34. The molecule has 0 spiro atoms. The summed E-state index contributed by atoms with van der Waals surface area (Å²) >= 11 is 0. The summed E-state index contributed by atoms with van der Waals surface area (Å²) in [5.41, 5.74) is 0.818. The molecule has 1 aromatic rings. The van der Waals surface area contributed by atoms with Crippen molar-refractivity contribution in [1.82, 2.24) is 9.62 Å². The Morgan fingerprint density at radius 2 is 2.10 bits per heavy atom. The van der Waals surface area contributed by atoms with Crippen LogP contribution in [-0.4, -0.2) is 44.9 Å². The predicted molar refractivity (Wildman–Crippen MR) is 74.1 cm³/mol. The summed E-state index contributed by atoms with van der Waals surface area (Å²) in [6, 6.07) is 4.24. The first-order valence-electron chi connectivity index (χ1n) is 6.32. The van der Waals surface area contributed by atoms with E-state index in [-0.39, 0.29) is 23.1 Å². The first-order chi connectivity index (χ1) is 9.37. The number of amides is 1. The molecule has 1 saturated heterocycles. The first kappa shape index (κ1) is 14.8. The number of carbonyl (C=O) groups excluding carboxylic acids is 1. The van der Waals surface area contributed by atoms with Gasteiger partial charge < -0.3 is 10.1 Å². The molecule has 0 bridgehead atoms. The molecule has 6 nitrogen and oxygen atoms in total. The van der Waals surface area contributed by atoms with Crippen molar-refractivity contribution in [1.29, 1.82) is 0 Å². The van der Waals surface area contributed by atoms with Crippen LogP contribution in [0.5, 0.6) is 5.75 Å². The molecular weight excluding hydrogens is 280 g/mol. The van der Waals surface area contributed by atoms with E-state index in [4.69, 9.17) is 4.74 Å². The van der Waals surface area contributed by atoms with Gasteiger partial charge in [0.25, 0.3) is 0 Å². The molecule has 1 N–H and O–H groups in total. The number of nitrogens with zero attached hydrogens (tertiary/aromatic N) is 1. The van der Waals surface area contributed by atoms with Crippen LogP contribution in [0, 0.1) is 6.92 Å². The highest BCUT2D eigenvalue weighted by Crippen LogP contribution is 2.29. The molecule has 1 aromatic carbocycles. The molecule has 0 aliphatic carbocycles. The summed E-state index contributed by atoms with van der Waals surface area (Å²) in [5, 5.41) is 2.65. The molecule has 1 unspecified atom stereocenters. The second-order valence-corrected chi connectivity index (χ2v) is 6.60. The maximum atomic E-state index is 12.7. The van der Waals surface area contributed by atoms with Crippen molar-refractivity contribution in [3.05, 3.63) is 23.8 Å². The van der Waals surface area contributed by atoms with Gasteiger partial charge >= 0.3 is 0 Å². The fourth-order valence-corrected chi connectivity index (χ4v) is 4.04. The van der Waals surface area contributed by atoms with Crippen molar-refractivity contribution >= 4 is 15.9 Å². The summed E-state index contributed by atoms with van der Waals surface area (Å²) in [5.74, 6) is 0.000210. The summed E-state index contributed by atoms with van der Waals surface area (Å²) in [6.45, 7) is 3.96. The fourth-order valence-electron chi connectivity index (χ4n) is 2.20. The van der Waals surface area contributed by atoms with Gasteiger partial charge in [-0.1, -0.05) is 6.07 Å². The zero-order valence-corrected chi connectivity index (χ0v) is 12.5. The smallest absolute Gasteiger partial charge is 0.247 e. The molecule has 1 amide bonds. The molecule has 1 heterocycles. The Balaban J connectivity index is 2.49. The van der Waals surface area contributed by atoms with Crippen LogP contribution in [-0.2, 0) is 14.8 Å². The van der Waals surface area contributed by atoms with Gasteiger partial charge in [0.1, 0.15) is 16.7 Å². The molecule has 1 atom stereocenters. The van der Waals surface area contributed by atoms with E-state index in [0.29, 0.717) is 6.54 Å². The lowest BCUT2D eigenvalue weighted by Crippen LogP contribution is -2.55. The number of benzene rings is 1. The number of carbonyl (C=O) groups is 1. The molecule has 2 rings (SSSR count). The van der Waals surface area contributed by atoms with E-state index in [1.807, 2.05) is 6.92 Å². The van der Waals surface area contributed by atoms with E-state index in [1.54, 1.807) is 25.1 Å². The van der Waals surface area contributed by atoms with E-state index >= 15 is 0 Å². The highest BCUT2D eigenvalue weighted by atomic mass is 32.2. The number of sulfonamides is 1. The number of rotatable bonds is 3. The summed E-state index contributed by atoms with van der Waals surface area (Å²) in [4.78, 5) is 11.8. The minimum atomic E-state index is -3.76. The third kappa shape index (κ3) is 2.51.